The number of hydrogen-bond acceptors (Lipinski definition) is 1. The van der Waals surface area contributed by atoms with Crippen LogP contribution in [0.3, 0.4) is 0 Å². The maximum atomic E-state index is 6.11. The van der Waals surface area contributed by atoms with Crippen LogP contribution in [-0.4, -0.2) is 11.2 Å². The fraction of sp³-hybridized carbons (Fsp3) is 0.286. The van der Waals surface area contributed by atoms with E-state index < -0.39 is 0 Å². The first-order chi connectivity index (χ1) is 14.8. The Kier molecular flexibility index (Phi) is 6.23. The predicted octanol–water partition coefficient (Wildman–Crippen LogP) is 7.63. The fourth-order valence-electron chi connectivity index (χ4n) is 4.18. The maximum Gasteiger partial charge on any atom is 0.128 e. The van der Waals surface area contributed by atoms with E-state index in [9.17, 15) is 0 Å². The second kappa shape index (κ2) is 9.21. The molecule has 1 aromatic heterocycles. The Morgan fingerprint density at radius 2 is 1.70 bits per heavy atom. The molecule has 0 N–H and O–H groups in total. The van der Waals surface area contributed by atoms with E-state index >= 15 is 0 Å². The van der Waals surface area contributed by atoms with Crippen molar-refractivity contribution < 1.29 is 4.74 Å². The van der Waals surface area contributed by atoms with Gasteiger partial charge in [0.25, 0.3) is 0 Å². The fourth-order valence-corrected chi connectivity index (χ4v) is 4.18. The van der Waals surface area contributed by atoms with Gasteiger partial charge in [-0.2, -0.15) is 0 Å². The van der Waals surface area contributed by atoms with Crippen molar-refractivity contribution in [1.29, 1.82) is 0 Å². The van der Waals surface area contributed by atoms with Gasteiger partial charge in [-0.1, -0.05) is 82.2 Å². The van der Waals surface area contributed by atoms with E-state index in [0.717, 1.165) is 41.1 Å². The standard InChI is InChI=1S/C28H29NO/c1-4-7-12-21(5-2)20-30-23-17-18-26(22(6-3)19-23)29-27-15-10-8-13-24(27)25-14-9-11-16-28(25)29/h3,6,8-11,13-16,18-19,21H,4-5,7,12,20H2,1-2H3. The van der Waals surface area contributed by atoms with E-state index in [0.29, 0.717) is 5.92 Å². The normalized spacial score (nSPS) is 12.3. The second-order valence-electron chi connectivity index (χ2n) is 7.90. The molecule has 2 nitrogen and oxygen atoms in total. The van der Waals surface area contributed by atoms with Crippen molar-refractivity contribution in [3.8, 4) is 11.4 Å². The minimum Gasteiger partial charge on any atom is -0.493 e. The van der Waals surface area contributed by atoms with Crippen LogP contribution < -0.4 is 4.74 Å². The topological polar surface area (TPSA) is 14.2 Å². The number of fused-ring (bicyclic) bond motifs is 3. The molecule has 0 aliphatic heterocycles. The first-order valence-corrected chi connectivity index (χ1v) is 11.0. The summed E-state index contributed by atoms with van der Waals surface area (Å²) >= 11 is 0. The Morgan fingerprint density at radius 3 is 2.30 bits per heavy atom. The molecule has 1 heterocycles. The van der Waals surface area contributed by atoms with Crippen molar-refractivity contribution >= 4 is 27.9 Å². The predicted molar refractivity (Wildman–Crippen MR) is 127 cm³/mol. The lowest BCUT2D eigenvalue weighted by atomic mass is 10.0. The summed E-state index contributed by atoms with van der Waals surface area (Å²) in [7, 11) is 0. The molecule has 4 aromatic rings. The number of nitrogens with zero attached hydrogens (tertiary/aromatic N) is 1. The monoisotopic (exact) mass is 395 g/mol. The highest BCUT2D eigenvalue weighted by Gasteiger charge is 2.14. The van der Waals surface area contributed by atoms with Crippen LogP contribution in [0.2, 0.25) is 0 Å². The van der Waals surface area contributed by atoms with Crippen LogP contribution in [0.1, 0.15) is 45.1 Å². The van der Waals surface area contributed by atoms with Crippen molar-refractivity contribution in [3.05, 3.63) is 78.9 Å². The van der Waals surface area contributed by atoms with Crippen LogP contribution in [0, 0.1) is 18.6 Å². The van der Waals surface area contributed by atoms with E-state index in [2.05, 4.69) is 73.0 Å². The molecule has 2 radical (unpaired) electrons. The average molecular weight is 396 g/mol. The van der Waals surface area contributed by atoms with Gasteiger partial charge in [0.1, 0.15) is 5.75 Å². The van der Waals surface area contributed by atoms with Crippen LogP contribution in [0.15, 0.2) is 60.7 Å². The van der Waals surface area contributed by atoms with Gasteiger partial charge in [0.05, 0.1) is 23.3 Å². The smallest absolute Gasteiger partial charge is 0.128 e. The van der Waals surface area contributed by atoms with Crippen molar-refractivity contribution in [2.24, 2.45) is 5.92 Å². The third-order valence-corrected chi connectivity index (χ3v) is 5.95. The SMILES string of the molecule is [CH]=Cc1cc(OCC(CC)CCCC)[c]cc1-n1c2ccccc2c2ccccc21. The highest BCUT2D eigenvalue weighted by Crippen LogP contribution is 2.34. The quantitative estimate of drug-likeness (QED) is 0.284. The summed E-state index contributed by atoms with van der Waals surface area (Å²) in [5.74, 6) is 1.34. The summed E-state index contributed by atoms with van der Waals surface area (Å²) in [6.07, 6.45) is 6.48. The van der Waals surface area contributed by atoms with Crippen LogP contribution in [0.25, 0.3) is 33.6 Å². The minimum atomic E-state index is 0.584. The van der Waals surface area contributed by atoms with Gasteiger partial charge in [0.15, 0.2) is 0 Å². The van der Waals surface area contributed by atoms with Crippen molar-refractivity contribution in [3.63, 3.8) is 0 Å². The number of ether oxygens (including phenoxy) is 1. The number of rotatable bonds is 9. The Morgan fingerprint density at radius 1 is 1.03 bits per heavy atom. The zero-order valence-electron chi connectivity index (χ0n) is 17.9. The first kappa shape index (κ1) is 20.3. The number of para-hydroxylation sites is 2. The Bertz CT molecular complexity index is 1100. The van der Waals surface area contributed by atoms with Crippen molar-refractivity contribution in [2.45, 2.75) is 39.5 Å². The summed E-state index contributed by atoms with van der Waals surface area (Å²) < 4.78 is 8.37. The van der Waals surface area contributed by atoms with Gasteiger partial charge in [-0.15, -0.1) is 0 Å². The molecule has 1 atom stereocenters. The van der Waals surface area contributed by atoms with E-state index in [1.807, 2.05) is 12.1 Å². The molecule has 0 bridgehead atoms. The van der Waals surface area contributed by atoms with Crippen LogP contribution >= 0.6 is 0 Å². The largest absolute Gasteiger partial charge is 0.493 e. The molecular formula is C28H29NO. The van der Waals surface area contributed by atoms with Gasteiger partial charge < -0.3 is 9.30 Å². The third kappa shape index (κ3) is 3.87. The minimum absolute atomic E-state index is 0.584. The van der Waals surface area contributed by atoms with Crippen molar-refractivity contribution in [2.75, 3.05) is 6.61 Å². The lowest BCUT2D eigenvalue weighted by molar-refractivity contribution is 0.233. The molecule has 30 heavy (non-hydrogen) atoms. The first-order valence-electron chi connectivity index (χ1n) is 11.0. The molecule has 0 aliphatic rings. The van der Waals surface area contributed by atoms with Gasteiger partial charge in [-0.05, 0) is 36.6 Å². The second-order valence-corrected chi connectivity index (χ2v) is 7.90. The summed E-state index contributed by atoms with van der Waals surface area (Å²) in [6, 6.07) is 24.3. The molecule has 0 aliphatic carbocycles. The lowest BCUT2D eigenvalue weighted by Crippen LogP contribution is -2.11. The van der Waals surface area contributed by atoms with Gasteiger partial charge in [-0.3, -0.25) is 0 Å². The highest BCUT2D eigenvalue weighted by atomic mass is 16.5. The molecule has 0 amide bonds. The molecule has 152 valence electrons. The zero-order valence-corrected chi connectivity index (χ0v) is 17.9. The Balaban J connectivity index is 1.71. The molecule has 3 aromatic carbocycles. The molecular weight excluding hydrogens is 366 g/mol. The number of benzene rings is 3. The van der Waals surface area contributed by atoms with Crippen molar-refractivity contribution in [1.82, 2.24) is 4.57 Å². The molecule has 0 fully saturated rings. The zero-order chi connectivity index (χ0) is 20.9. The van der Waals surface area contributed by atoms with E-state index in [-0.39, 0.29) is 0 Å². The van der Waals surface area contributed by atoms with Crippen LogP contribution in [0.4, 0.5) is 0 Å². The highest BCUT2D eigenvalue weighted by molar-refractivity contribution is 6.09. The summed E-state index contributed by atoms with van der Waals surface area (Å²) in [5.41, 5.74) is 4.28. The van der Waals surface area contributed by atoms with Crippen LogP contribution in [-0.2, 0) is 0 Å². The van der Waals surface area contributed by atoms with Gasteiger partial charge in [-0.25, -0.2) is 0 Å². The van der Waals surface area contributed by atoms with E-state index in [4.69, 9.17) is 11.3 Å². The number of hydrogen-bond donors (Lipinski definition) is 0. The molecule has 2 heteroatoms. The lowest BCUT2D eigenvalue weighted by Gasteiger charge is -2.17. The average Bonchev–Trinajstić information content (AvgIpc) is 3.13. The Hall–Kier alpha value is -3.00. The molecule has 1 unspecified atom stereocenters. The van der Waals surface area contributed by atoms with Crippen LogP contribution in [0.5, 0.6) is 5.75 Å². The number of aromatic nitrogens is 1. The van der Waals surface area contributed by atoms with Gasteiger partial charge >= 0.3 is 0 Å². The van der Waals surface area contributed by atoms with E-state index in [1.165, 1.54) is 30.0 Å². The summed E-state index contributed by atoms with van der Waals surface area (Å²) in [4.78, 5) is 0. The molecule has 0 saturated heterocycles. The van der Waals surface area contributed by atoms with Gasteiger partial charge in [0.2, 0.25) is 0 Å². The van der Waals surface area contributed by atoms with Gasteiger partial charge in [0, 0.05) is 22.4 Å². The molecule has 0 saturated carbocycles. The maximum absolute atomic E-state index is 6.11. The molecule has 0 spiro atoms. The number of unbranched alkanes of at least 4 members (excludes halogenated alkanes) is 1. The Labute approximate surface area is 179 Å². The molecule has 4 rings (SSSR count). The summed E-state index contributed by atoms with van der Waals surface area (Å²) in [5, 5.41) is 2.47. The summed E-state index contributed by atoms with van der Waals surface area (Å²) in [6.45, 7) is 11.2. The third-order valence-electron chi connectivity index (χ3n) is 5.95. The van der Waals surface area contributed by atoms with E-state index in [1.54, 1.807) is 6.08 Å².